The average molecular weight is 392 g/mol. The molecule has 5 heteroatoms. The molecule has 5 rings (SSSR count). The zero-order valence-electron chi connectivity index (χ0n) is 16.2. The predicted molar refractivity (Wildman–Crippen MR) is 115 cm³/mol. The molecule has 0 radical (unpaired) electrons. The Morgan fingerprint density at radius 2 is 2.00 bits per heavy atom. The van der Waals surface area contributed by atoms with Crippen molar-refractivity contribution in [3.8, 4) is 0 Å². The summed E-state index contributed by atoms with van der Waals surface area (Å²) in [7, 11) is 0. The van der Waals surface area contributed by atoms with Crippen molar-refractivity contribution in [2.75, 3.05) is 24.5 Å². The van der Waals surface area contributed by atoms with E-state index in [4.69, 9.17) is 0 Å². The second-order valence-electron chi connectivity index (χ2n) is 7.73. The Morgan fingerprint density at radius 1 is 1.11 bits per heavy atom. The van der Waals surface area contributed by atoms with Crippen molar-refractivity contribution in [2.24, 2.45) is 0 Å². The van der Waals surface area contributed by atoms with Crippen LogP contribution in [-0.2, 0) is 4.79 Å². The van der Waals surface area contributed by atoms with Gasteiger partial charge >= 0.3 is 0 Å². The van der Waals surface area contributed by atoms with E-state index < -0.39 is 0 Å². The maximum absolute atomic E-state index is 11.9. The van der Waals surface area contributed by atoms with Gasteiger partial charge in [0.1, 0.15) is 0 Å². The van der Waals surface area contributed by atoms with Crippen molar-refractivity contribution in [2.45, 2.75) is 36.6 Å². The van der Waals surface area contributed by atoms with Gasteiger partial charge in [-0.3, -0.25) is 4.79 Å². The Labute approximate surface area is 170 Å². The summed E-state index contributed by atoms with van der Waals surface area (Å²) in [6, 6.07) is 17.4. The average Bonchev–Trinajstić information content (AvgIpc) is 3.36. The minimum Gasteiger partial charge on any atom is -0.343 e. The van der Waals surface area contributed by atoms with Gasteiger partial charge in [0.05, 0.1) is 11.4 Å². The summed E-state index contributed by atoms with van der Waals surface area (Å²) in [6.07, 6.45) is 5.04. The highest BCUT2D eigenvalue weighted by Crippen LogP contribution is 2.50. The first-order chi connectivity index (χ1) is 13.7. The molecule has 0 N–H and O–H groups in total. The van der Waals surface area contributed by atoms with E-state index in [1.54, 1.807) is 0 Å². The quantitative estimate of drug-likeness (QED) is 0.749. The molecule has 3 aliphatic heterocycles. The van der Waals surface area contributed by atoms with Gasteiger partial charge in [0.15, 0.2) is 5.50 Å². The van der Waals surface area contributed by atoms with Crippen LogP contribution in [0.1, 0.15) is 30.4 Å². The monoisotopic (exact) mass is 391 g/mol. The van der Waals surface area contributed by atoms with Crippen LogP contribution in [0, 0.1) is 6.92 Å². The molecule has 1 atom stereocenters. The molecule has 1 fully saturated rings. The summed E-state index contributed by atoms with van der Waals surface area (Å²) in [5, 5.41) is 0. The van der Waals surface area contributed by atoms with E-state index in [0.29, 0.717) is 5.91 Å². The van der Waals surface area contributed by atoms with Crippen LogP contribution in [0.15, 0.2) is 59.6 Å². The van der Waals surface area contributed by atoms with Crippen molar-refractivity contribution in [1.82, 2.24) is 9.80 Å². The van der Waals surface area contributed by atoms with E-state index in [9.17, 15) is 4.79 Å². The Morgan fingerprint density at radius 3 is 2.82 bits per heavy atom. The smallest absolute Gasteiger partial charge is 0.222 e. The number of thioether (sulfide) groups is 1. The summed E-state index contributed by atoms with van der Waals surface area (Å²) >= 11 is 1.92. The molecule has 28 heavy (non-hydrogen) atoms. The summed E-state index contributed by atoms with van der Waals surface area (Å²) < 4.78 is 0. The first kappa shape index (κ1) is 17.7. The van der Waals surface area contributed by atoms with Gasteiger partial charge in [0, 0.05) is 37.2 Å². The van der Waals surface area contributed by atoms with Crippen LogP contribution in [-0.4, -0.2) is 40.8 Å². The molecule has 3 heterocycles. The first-order valence-electron chi connectivity index (χ1n) is 10.1. The molecule has 1 saturated heterocycles. The number of rotatable bonds is 5. The molecule has 2 aromatic carbocycles. The second-order valence-corrected chi connectivity index (χ2v) is 8.83. The fraction of sp³-hybridized carbons (Fsp3) is 0.348. The molecule has 0 bridgehead atoms. The molecular weight excluding hydrogens is 366 g/mol. The van der Waals surface area contributed by atoms with Crippen LogP contribution in [0.4, 0.5) is 5.69 Å². The van der Waals surface area contributed by atoms with E-state index in [0.717, 1.165) is 38.9 Å². The van der Waals surface area contributed by atoms with Gasteiger partial charge in [-0.2, -0.15) is 0 Å². The minimum atomic E-state index is 0.266. The zero-order valence-corrected chi connectivity index (χ0v) is 17.0. The lowest BCUT2D eigenvalue weighted by molar-refractivity contribution is -0.127. The predicted octanol–water partition coefficient (Wildman–Crippen LogP) is 4.52. The number of carbonyl (C=O) groups excluding carboxylic acids is 1. The first-order valence-corrected chi connectivity index (χ1v) is 11.0. The van der Waals surface area contributed by atoms with Crippen LogP contribution < -0.4 is 4.90 Å². The highest BCUT2D eigenvalue weighted by atomic mass is 32.2. The molecule has 0 saturated carbocycles. The van der Waals surface area contributed by atoms with Crippen LogP contribution in [0.3, 0.4) is 0 Å². The largest absolute Gasteiger partial charge is 0.343 e. The summed E-state index contributed by atoms with van der Waals surface area (Å²) in [5.74, 6) is 0.320. The Balaban J connectivity index is 1.40. The van der Waals surface area contributed by atoms with Gasteiger partial charge in [-0.25, -0.2) is 0 Å². The van der Waals surface area contributed by atoms with Crippen molar-refractivity contribution in [1.29, 1.82) is 0 Å². The Hall–Kier alpha value is -2.40. The number of anilines is 1. The van der Waals surface area contributed by atoms with Crippen LogP contribution in [0.25, 0.3) is 5.70 Å². The summed E-state index contributed by atoms with van der Waals surface area (Å²) in [5.41, 5.74) is 5.39. The fourth-order valence-corrected chi connectivity index (χ4v) is 5.69. The van der Waals surface area contributed by atoms with Crippen LogP contribution >= 0.6 is 11.8 Å². The van der Waals surface area contributed by atoms with E-state index >= 15 is 0 Å². The minimum absolute atomic E-state index is 0.266. The van der Waals surface area contributed by atoms with Gasteiger partial charge in [0.25, 0.3) is 0 Å². The lowest BCUT2D eigenvalue weighted by Gasteiger charge is -2.30. The molecule has 0 aliphatic carbocycles. The van der Waals surface area contributed by atoms with Gasteiger partial charge in [-0.1, -0.05) is 47.7 Å². The van der Waals surface area contributed by atoms with Crippen molar-refractivity contribution in [3.05, 3.63) is 65.9 Å². The topological polar surface area (TPSA) is 26.8 Å². The third kappa shape index (κ3) is 3.08. The molecule has 1 unspecified atom stereocenters. The molecular formula is C23H25N3OS. The molecule has 0 spiro atoms. The van der Waals surface area contributed by atoms with Gasteiger partial charge in [-0.05, 0) is 43.5 Å². The van der Waals surface area contributed by atoms with E-state index in [-0.39, 0.29) is 5.50 Å². The molecule has 1 amide bonds. The van der Waals surface area contributed by atoms with E-state index in [2.05, 4.69) is 71.5 Å². The number of hydrogen-bond donors (Lipinski definition) is 0. The fourth-order valence-electron chi connectivity index (χ4n) is 4.38. The van der Waals surface area contributed by atoms with Crippen molar-refractivity contribution < 1.29 is 4.79 Å². The number of fused-ring (bicyclic) bond motifs is 3. The maximum atomic E-state index is 11.9. The number of likely N-dealkylation sites (tertiary alicyclic amines) is 1. The Bertz CT molecular complexity index is 941. The van der Waals surface area contributed by atoms with Gasteiger partial charge < -0.3 is 14.7 Å². The summed E-state index contributed by atoms with van der Waals surface area (Å²) in [4.78, 5) is 20.2. The van der Waals surface area contributed by atoms with Crippen molar-refractivity contribution >= 4 is 29.1 Å². The van der Waals surface area contributed by atoms with E-state index in [1.165, 1.54) is 27.4 Å². The number of para-hydroxylation sites is 1. The molecule has 144 valence electrons. The lowest BCUT2D eigenvalue weighted by atomic mass is 10.1. The molecule has 4 nitrogen and oxygen atoms in total. The highest BCUT2D eigenvalue weighted by Gasteiger charge is 2.39. The lowest BCUT2D eigenvalue weighted by Crippen LogP contribution is -2.36. The van der Waals surface area contributed by atoms with Gasteiger partial charge in [-0.15, -0.1) is 0 Å². The van der Waals surface area contributed by atoms with Gasteiger partial charge in [0.2, 0.25) is 5.91 Å². The second kappa shape index (κ2) is 7.21. The third-order valence-electron chi connectivity index (χ3n) is 5.76. The highest BCUT2D eigenvalue weighted by molar-refractivity contribution is 8.00. The number of amides is 1. The number of aryl methyl sites for hydroxylation is 1. The molecule has 2 aromatic rings. The molecule has 3 aliphatic rings. The normalized spacial score (nSPS) is 20.6. The van der Waals surface area contributed by atoms with Crippen LogP contribution in [0.5, 0.6) is 0 Å². The molecule has 0 aromatic heterocycles. The number of hydrogen-bond acceptors (Lipinski definition) is 4. The Kier molecular flexibility index (Phi) is 4.55. The number of carbonyl (C=O) groups is 1. The zero-order chi connectivity index (χ0) is 19.1. The van der Waals surface area contributed by atoms with Crippen molar-refractivity contribution in [3.63, 3.8) is 0 Å². The SMILES string of the molecule is Cc1cccc(C2=CN3c4ccccc4SC3N2CCCN2CCCC2=O)c1. The summed E-state index contributed by atoms with van der Waals surface area (Å²) in [6.45, 7) is 4.88. The third-order valence-corrected chi connectivity index (χ3v) is 7.06. The maximum Gasteiger partial charge on any atom is 0.222 e. The standard InChI is InChI=1S/C23H25N3OS/c1-17-7-4-8-18(15-17)20-16-26-19-9-2-3-10-21(19)28-23(26)25(20)14-6-13-24-12-5-11-22(24)27/h2-4,7-10,15-16,23H,5-6,11-14H2,1H3. The number of nitrogens with zero attached hydrogens (tertiary/aromatic N) is 3. The van der Waals surface area contributed by atoms with Crippen LogP contribution in [0.2, 0.25) is 0 Å². The van der Waals surface area contributed by atoms with E-state index in [1.807, 2.05) is 16.7 Å². The number of benzene rings is 2.